The lowest BCUT2D eigenvalue weighted by Gasteiger charge is -2.43. The van der Waals surface area contributed by atoms with Gasteiger partial charge in [-0.15, -0.1) is 10.2 Å². The van der Waals surface area contributed by atoms with Crippen LogP contribution in [0.5, 0.6) is 0 Å². The summed E-state index contributed by atoms with van der Waals surface area (Å²) in [6.07, 6.45) is 4.34. The second kappa shape index (κ2) is 5.66. The molecule has 1 heterocycles. The van der Waals surface area contributed by atoms with Crippen molar-refractivity contribution in [1.82, 2.24) is 20.1 Å². The Morgan fingerprint density at radius 2 is 2.14 bits per heavy atom. The van der Waals surface area contributed by atoms with E-state index in [1.54, 1.807) is 6.33 Å². The lowest BCUT2D eigenvalue weighted by Crippen LogP contribution is -2.51. The topological polar surface area (TPSA) is 66.5 Å². The predicted octanol–water partition coefficient (Wildman–Crippen LogP) is 1.57. The molecule has 0 spiro atoms. The zero-order valence-corrected chi connectivity index (χ0v) is 12.2. The van der Waals surface area contributed by atoms with E-state index < -0.39 is 0 Å². The molecule has 5 nitrogen and oxygen atoms in total. The van der Waals surface area contributed by atoms with E-state index in [0.29, 0.717) is 6.04 Å². The summed E-state index contributed by atoms with van der Waals surface area (Å²) in [6.45, 7) is 0.869. The van der Waals surface area contributed by atoms with Gasteiger partial charge in [-0.1, -0.05) is 30.3 Å². The smallest absolute Gasteiger partial charge is 0.133 e. The average molecular weight is 281 g/mol. The van der Waals surface area contributed by atoms with Crippen molar-refractivity contribution in [2.45, 2.75) is 30.7 Å². The number of hydrogen-bond acceptors (Lipinski definition) is 4. The minimum Gasteiger partial charge on any atom is -0.321 e. The van der Waals surface area contributed by atoms with Crippen LogP contribution in [0.1, 0.15) is 24.2 Å². The number of aryl methyl sites for hydroxylation is 1. The molecule has 2 aromatic rings. The normalized spacial score (nSPS) is 24.3. The molecular weight excluding hydrogens is 262 g/mol. The molecule has 0 bridgehead atoms. The van der Waals surface area contributed by atoms with Gasteiger partial charge in [0, 0.05) is 26.1 Å². The maximum Gasteiger partial charge on any atom is 0.133 e. The first kappa shape index (κ1) is 13.8. The van der Waals surface area contributed by atoms with Gasteiger partial charge < -0.3 is 9.88 Å². The summed E-state index contributed by atoms with van der Waals surface area (Å²) in [5, 5.41) is 21.0. The first-order chi connectivity index (χ1) is 10.2. The highest BCUT2D eigenvalue weighted by Gasteiger charge is 2.45. The van der Waals surface area contributed by atoms with E-state index in [2.05, 4.69) is 33.7 Å². The fraction of sp³-hybridized carbons (Fsp3) is 0.438. The van der Waals surface area contributed by atoms with Crippen molar-refractivity contribution in [2.24, 2.45) is 7.05 Å². The zero-order valence-electron chi connectivity index (χ0n) is 12.2. The quantitative estimate of drug-likeness (QED) is 0.903. The van der Waals surface area contributed by atoms with E-state index in [1.807, 2.05) is 29.8 Å². The van der Waals surface area contributed by atoms with Crippen molar-refractivity contribution in [1.29, 1.82) is 5.26 Å². The first-order valence-electron chi connectivity index (χ1n) is 7.26. The standard InChI is InChI=1S/C16H19N5/c1-21-12-19-20-15(21)7-8-18-14-9-16(10-14,11-17)13-5-3-2-4-6-13/h2-6,12,14,18H,7-10H2,1H3. The largest absolute Gasteiger partial charge is 0.321 e. The maximum atomic E-state index is 9.52. The van der Waals surface area contributed by atoms with Crippen LogP contribution in [0.15, 0.2) is 36.7 Å². The molecule has 1 aromatic heterocycles. The molecule has 3 rings (SSSR count). The monoisotopic (exact) mass is 281 g/mol. The number of hydrogen-bond donors (Lipinski definition) is 1. The molecule has 108 valence electrons. The Bertz CT molecular complexity index is 634. The summed E-state index contributed by atoms with van der Waals surface area (Å²) in [6, 6.07) is 13.0. The van der Waals surface area contributed by atoms with E-state index in [-0.39, 0.29) is 5.41 Å². The summed E-state index contributed by atoms with van der Waals surface area (Å²) in [4.78, 5) is 0. The van der Waals surface area contributed by atoms with Crippen LogP contribution in [0.2, 0.25) is 0 Å². The number of nitriles is 1. The Balaban J connectivity index is 1.51. The highest BCUT2D eigenvalue weighted by atomic mass is 15.2. The van der Waals surface area contributed by atoms with Crippen LogP contribution in [0.3, 0.4) is 0 Å². The summed E-state index contributed by atoms with van der Waals surface area (Å²) < 4.78 is 1.94. The van der Waals surface area contributed by atoms with E-state index in [1.165, 1.54) is 0 Å². The second-order valence-electron chi connectivity index (χ2n) is 5.73. The fourth-order valence-electron chi connectivity index (χ4n) is 3.00. The molecular formula is C16H19N5. The van der Waals surface area contributed by atoms with Crippen molar-refractivity contribution < 1.29 is 0 Å². The third-order valence-electron chi connectivity index (χ3n) is 4.32. The number of nitrogens with one attached hydrogen (secondary N) is 1. The van der Waals surface area contributed by atoms with Gasteiger partial charge >= 0.3 is 0 Å². The summed E-state index contributed by atoms with van der Waals surface area (Å²) in [5.41, 5.74) is 0.836. The van der Waals surface area contributed by atoms with Crippen molar-refractivity contribution in [2.75, 3.05) is 6.54 Å². The third kappa shape index (κ3) is 2.67. The van der Waals surface area contributed by atoms with E-state index in [9.17, 15) is 5.26 Å². The Morgan fingerprint density at radius 1 is 1.38 bits per heavy atom. The highest BCUT2D eigenvalue weighted by molar-refractivity contribution is 5.36. The molecule has 1 aliphatic carbocycles. The van der Waals surface area contributed by atoms with E-state index in [4.69, 9.17) is 0 Å². The van der Waals surface area contributed by atoms with Gasteiger partial charge in [0.15, 0.2) is 0 Å². The minimum absolute atomic E-state index is 0.302. The molecule has 0 radical (unpaired) electrons. The second-order valence-corrected chi connectivity index (χ2v) is 5.73. The Labute approximate surface area is 124 Å². The van der Waals surface area contributed by atoms with Crippen molar-refractivity contribution in [3.8, 4) is 6.07 Å². The first-order valence-corrected chi connectivity index (χ1v) is 7.26. The van der Waals surface area contributed by atoms with Crippen molar-refractivity contribution in [3.05, 3.63) is 48.0 Å². The van der Waals surface area contributed by atoms with Crippen molar-refractivity contribution >= 4 is 0 Å². The Kier molecular flexibility index (Phi) is 3.72. The van der Waals surface area contributed by atoms with Crippen LogP contribution in [0, 0.1) is 11.3 Å². The van der Waals surface area contributed by atoms with E-state index >= 15 is 0 Å². The van der Waals surface area contributed by atoms with Gasteiger partial charge in [-0.2, -0.15) is 5.26 Å². The minimum atomic E-state index is -0.302. The van der Waals surface area contributed by atoms with Gasteiger partial charge in [0.05, 0.1) is 11.5 Å². The Morgan fingerprint density at radius 3 is 2.76 bits per heavy atom. The van der Waals surface area contributed by atoms with Gasteiger partial charge in [0.1, 0.15) is 12.2 Å². The number of benzene rings is 1. The van der Waals surface area contributed by atoms with Crippen LogP contribution in [0.25, 0.3) is 0 Å². The fourth-order valence-corrected chi connectivity index (χ4v) is 3.00. The number of nitrogens with zero attached hydrogens (tertiary/aromatic N) is 4. The van der Waals surface area contributed by atoms with Crippen LogP contribution in [-0.2, 0) is 18.9 Å². The summed E-state index contributed by atoms with van der Waals surface area (Å²) in [5.74, 6) is 0.983. The zero-order chi connectivity index (χ0) is 14.7. The number of aromatic nitrogens is 3. The summed E-state index contributed by atoms with van der Waals surface area (Å²) in [7, 11) is 1.95. The van der Waals surface area contributed by atoms with Gasteiger partial charge in [-0.3, -0.25) is 0 Å². The molecule has 1 saturated carbocycles. The van der Waals surface area contributed by atoms with Crippen LogP contribution < -0.4 is 5.32 Å². The Hall–Kier alpha value is -2.19. The summed E-state index contributed by atoms with van der Waals surface area (Å²) >= 11 is 0. The lowest BCUT2D eigenvalue weighted by molar-refractivity contribution is 0.227. The van der Waals surface area contributed by atoms with Crippen LogP contribution in [0.4, 0.5) is 0 Å². The van der Waals surface area contributed by atoms with Crippen molar-refractivity contribution in [3.63, 3.8) is 0 Å². The molecule has 1 aliphatic rings. The van der Waals surface area contributed by atoms with Gasteiger partial charge in [0.25, 0.3) is 0 Å². The molecule has 21 heavy (non-hydrogen) atoms. The molecule has 0 atom stereocenters. The van der Waals surface area contributed by atoms with Gasteiger partial charge in [-0.25, -0.2) is 0 Å². The molecule has 1 fully saturated rings. The third-order valence-corrected chi connectivity index (χ3v) is 4.32. The molecule has 0 amide bonds. The van der Waals surface area contributed by atoms with Crippen LogP contribution in [-0.4, -0.2) is 27.4 Å². The van der Waals surface area contributed by atoms with Crippen LogP contribution >= 0.6 is 0 Å². The predicted molar refractivity (Wildman–Crippen MR) is 79.5 cm³/mol. The van der Waals surface area contributed by atoms with Gasteiger partial charge in [0.2, 0.25) is 0 Å². The number of rotatable bonds is 5. The average Bonchev–Trinajstić information content (AvgIpc) is 2.88. The molecule has 0 aliphatic heterocycles. The molecule has 5 heteroatoms. The highest BCUT2D eigenvalue weighted by Crippen LogP contribution is 2.43. The molecule has 0 unspecified atom stereocenters. The molecule has 0 saturated heterocycles. The molecule has 1 N–H and O–H groups in total. The lowest BCUT2D eigenvalue weighted by atomic mass is 9.62. The SMILES string of the molecule is Cn1cnnc1CCNC1CC(C#N)(c2ccccc2)C1. The molecule has 1 aromatic carbocycles. The van der Waals surface area contributed by atoms with Gasteiger partial charge in [-0.05, 0) is 18.4 Å². The van der Waals surface area contributed by atoms with E-state index in [0.717, 1.165) is 37.2 Å². The maximum absolute atomic E-state index is 9.52.